The van der Waals surface area contributed by atoms with Crippen LogP contribution < -0.4 is 0 Å². The Morgan fingerprint density at radius 3 is 3.20 bits per heavy atom. The van der Waals surface area contributed by atoms with E-state index in [1.54, 1.807) is 4.57 Å². The largest absolute Gasteiger partial charge is 0.516 e. The van der Waals surface area contributed by atoms with Gasteiger partial charge in [-0.25, -0.2) is 4.98 Å². The van der Waals surface area contributed by atoms with Crippen LogP contribution in [0.1, 0.15) is 0 Å². The average Bonchev–Trinajstić information content (AvgIpc) is 2.22. The van der Waals surface area contributed by atoms with Gasteiger partial charge in [0.05, 0.1) is 0 Å². The van der Waals surface area contributed by atoms with Crippen LogP contribution in [0.2, 0.25) is 0 Å². The number of nitrogens with zero attached hydrogens (tertiary/aromatic N) is 2. The Balaban J connectivity index is 0.000000500. The van der Waals surface area contributed by atoms with Crippen molar-refractivity contribution in [2.45, 2.75) is 0 Å². The molecule has 0 saturated carbocycles. The van der Waals surface area contributed by atoms with Crippen molar-refractivity contribution in [1.82, 2.24) is 9.55 Å². The van der Waals surface area contributed by atoms with Crippen molar-refractivity contribution in [2.24, 2.45) is 7.05 Å². The van der Waals surface area contributed by atoms with Crippen LogP contribution in [0, 0.1) is 6.20 Å². The van der Waals surface area contributed by atoms with Crippen molar-refractivity contribution in [3.05, 3.63) is 18.8 Å². The molecule has 1 radical (unpaired) electrons. The van der Waals surface area contributed by atoms with Gasteiger partial charge in [-0.2, -0.15) is 0 Å². The van der Waals surface area contributed by atoms with Gasteiger partial charge in [0.15, 0.2) is 6.39 Å². The number of fused-ring (bicyclic) bond motifs is 1. The number of rotatable bonds is 0. The van der Waals surface area contributed by atoms with E-state index in [0.29, 0.717) is 0 Å². The molecule has 2 aromatic rings. The molecule has 0 aliphatic heterocycles. The molecule has 10 heavy (non-hydrogen) atoms. The fraction of sp³-hybridized carbons (Fsp3) is 0.167. The van der Waals surface area contributed by atoms with E-state index in [9.17, 15) is 0 Å². The first-order valence-corrected chi connectivity index (χ1v) is 2.64. The number of hydrogen-bond acceptors (Lipinski definition) is 2. The first kappa shape index (κ1) is 7.96. The molecule has 4 heteroatoms. The molecule has 0 aliphatic carbocycles. The van der Waals surface area contributed by atoms with Gasteiger partial charge in [0.2, 0.25) is 0 Å². The molecule has 3 nitrogen and oxygen atoms in total. The molecule has 49 valence electrons. The molecule has 2 aromatic heterocycles. The summed E-state index contributed by atoms with van der Waals surface area (Å²) < 4.78 is 6.77. The van der Waals surface area contributed by atoms with Gasteiger partial charge < -0.3 is 8.98 Å². The molecule has 0 aromatic carbocycles. The zero-order valence-corrected chi connectivity index (χ0v) is 8.37. The Morgan fingerprint density at radius 1 is 1.70 bits per heavy atom. The van der Waals surface area contributed by atoms with Gasteiger partial charge >= 0.3 is 0 Å². The summed E-state index contributed by atoms with van der Waals surface area (Å²) in [5, 5.41) is 0. The van der Waals surface area contributed by atoms with Crippen LogP contribution in [0.3, 0.4) is 0 Å². The molecule has 0 spiro atoms. The van der Waals surface area contributed by atoms with E-state index in [-0.39, 0.29) is 32.7 Å². The predicted octanol–water partition coefficient (Wildman–Crippen LogP) is 0.964. The second-order valence-electron chi connectivity index (χ2n) is 1.92. The second-order valence-corrected chi connectivity index (χ2v) is 1.92. The van der Waals surface area contributed by atoms with Crippen molar-refractivity contribution < 1.29 is 37.1 Å². The Hall–Kier alpha value is -0.146. The maximum absolute atomic E-state index is 4.98. The van der Waals surface area contributed by atoms with Crippen LogP contribution in [-0.4, -0.2) is 9.55 Å². The maximum Gasteiger partial charge on any atom is 0.164 e. The zero-order valence-electron chi connectivity index (χ0n) is 5.53. The third-order valence-electron chi connectivity index (χ3n) is 1.19. The minimum absolute atomic E-state index is 0. The maximum atomic E-state index is 4.98. The average molecular weight is 210 g/mol. The third kappa shape index (κ3) is 1.16. The summed E-state index contributed by atoms with van der Waals surface area (Å²) in [4.78, 5) is 3.90. The van der Waals surface area contributed by atoms with Crippen LogP contribution in [0.25, 0.3) is 11.1 Å². The topological polar surface area (TPSA) is 31.0 Å². The minimum atomic E-state index is 0. The number of aryl methyl sites for hydroxylation is 1. The van der Waals surface area contributed by atoms with E-state index in [4.69, 9.17) is 4.42 Å². The normalized spacial score (nSPS) is 9.70. The van der Waals surface area contributed by atoms with Gasteiger partial charge in [0, 0.05) is 43.8 Å². The molecule has 0 N–H and O–H groups in total. The van der Waals surface area contributed by atoms with Crippen LogP contribution >= 0.6 is 0 Å². The number of hydrogen-bond donors (Lipinski definition) is 0. The third-order valence-corrected chi connectivity index (χ3v) is 1.19. The molecule has 0 bridgehead atoms. The van der Waals surface area contributed by atoms with Gasteiger partial charge in [-0.1, -0.05) is 6.20 Å². The van der Waals surface area contributed by atoms with Gasteiger partial charge in [0.1, 0.15) is 0 Å². The van der Waals surface area contributed by atoms with Crippen molar-refractivity contribution in [3.63, 3.8) is 0 Å². The van der Waals surface area contributed by atoms with E-state index < -0.39 is 0 Å². The van der Waals surface area contributed by atoms with Gasteiger partial charge in [0.25, 0.3) is 0 Å². The number of aromatic nitrogens is 2. The molecule has 2 heterocycles. The summed E-state index contributed by atoms with van der Waals surface area (Å²) >= 11 is 0. The smallest absolute Gasteiger partial charge is 0.164 e. The van der Waals surface area contributed by atoms with Gasteiger partial charge in [-0.15, -0.1) is 6.20 Å². The molecule has 0 saturated heterocycles. The summed E-state index contributed by atoms with van der Waals surface area (Å²) in [6.07, 6.45) is 6.20. The minimum Gasteiger partial charge on any atom is -0.516 e. The molecule has 0 fully saturated rings. The Kier molecular flexibility index (Phi) is 2.26. The molecular formula is C6H5N2OY-. The number of oxazole rings is 1. The fourth-order valence-electron chi connectivity index (χ4n) is 0.806. The van der Waals surface area contributed by atoms with Crippen molar-refractivity contribution in [3.8, 4) is 0 Å². The van der Waals surface area contributed by atoms with Crippen LogP contribution in [0.5, 0.6) is 0 Å². The first-order chi connectivity index (χ1) is 4.36. The SMILES string of the molecule is Cn1[c-]c2ncoc2c1.[Y]. The van der Waals surface area contributed by atoms with E-state index >= 15 is 0 Å². The molecule has 2 rings (SSSR count). The Bertz CT molecular complexity index is 296. The van der Waals surface area contributed by atoms with Crippen LogP contribution in [-0.2, 0) is 39.8 Å². The van der Waals surface area contributed by atoms with Crippen molar-refractivity contribution in [1.29, 1.82) is 0 Å². The summed E-state index contributed by atoms with van der Waals surface area (Å²) in [6, 6.07) is 0. The summed E-state index contributed by atoms with van der Waals surface area (Å²) in [7, 11) is 1.89. The standard InChI is InChI=1S/C6H5N2O.Y/c1-8-2-5-6(3-8)9-4-7-5;/h3-4H,1H3;/q-1;. The summed E-state index contributed by atoms with van der Waals surface area (Å²) in [6.45, 7) is 0. The molecular weight excluding hydrogens is 205 g/mol. The second kappa shape index (κ2) is 2.85. The summed E-state index contributed by atoms with van der Waals surface area (Å²) in [5.41, 5.74) is 1.58. The quantitative estimate of drug-likeness (QED) is 0.606. The van der Waals surface area contributed by atoms with Crippen molar-refractivity contribution >= 4 is 11.1 Å². The van der Waals surface area contributed by atoms with Crippen molar-refractivity contribution in [2.75, 3.05) is 0 Å². The van der Waals surface area contributed by atoms with E-state index in [1.165, 1.54) is 6.39 Å². The molecule has 0 atom stereocenters. The van der Waals surface area contributed by atoms with E-state index in [0.717, 1.165) is 11.1 Å². The first-order valence-electron chi connectivity index (χ1n) is 2.64. The fourth-order valence-corrected chi connectivity index (χ4v) is 0.806. The predicted molar refractivity (Wildman–Crippen MR) is 31.8 cm³/mol. The Morgan fingerprint density at radius 2 is 2.50 bits per heavy atom. The van der Waals surface area contributed by atoms with Crippen LogP contribution in [0.4, 0.5) is 0 Å². The Labute approximate surface area is 83.3 Å². The monoisotopic (exact) mass is 210 g/mol. The van der Waals surface area contributed by atoms with Gasteiger partial charge in [-0.3, -0.25) is 0 Å². The molecule has 0 amide bonds. The molecule has 0 unspecified atom stereocenters. The van der Waals surface area contributed by atoms with E-state index in [2.05, 4.69) is 11.2 Å². The van der Waals surface area contributed by atoms with Crippen LogP contribution in [0.15, 0.2) is 17.0 Å². The zero-order chi connectivity index (χ0) is 6.27. The molecule has 0 aliphatic rings. The van der Waals surface area contributed by atoms with E-state index in [1.807, 2.05) is 13.2 Å². The van der Waals surface area contributed by atoms with Gasteiger partial charge in [-0.05, 0) is 7.05 Å². The summed E-state index contributed by atoms with van der Waals surface area (Å²) in [5.74, 6) is 0.